The molecular formula is C26H26F3N3O2. The minimum Gasteiger partial charge on any atom is -0.489 e. The van der Waals surface area contributed by atoms with Crippen LogP contribution in [0.1, 0.15) is 22.3 Å². The third-order valence-electron chi connectivity index (χ3n) is 5.77. The van der Waals surface area contributed by atoms with Crippen molar-refractivity contribution in [3.63, 3.8) is 0 Å². The predicted octanol–water partition coefficient (Wildman–Crippen LogP) is 4.57. The Balaban J connectivity index is 1.27. The summed E-state index contributed by atoms with van der Waals surface area (Å²) in [6.07, 6.45) is -0.600. The number of piperazine rings is 1. The molecule has 0 spiro atoms. The van der Waals surface area contributed by atoms with Crippen LogP contribution < -0.4 is 4.74 Å². The first-order valence-corrected chi connectivity index (χ1v) is 11.1. The number of pyridine rings is 1. The molecule has 0 saturated carbocycles. The monoisotopic (exact) mass is 469 g/mol. The lowest BCUT2D eigenvalue weighted by molar-refractivity contribution is -0.137. The van der Waals surface area contributed by atoms with E-state index in [1.807, 2.05) is 35.2 Å². The van der Waals surface area contributed by atoms with Crippen molar-refractivity contribution < 1.29 is 22.7 Å². The number of halogens is 3. The molecule has 0 radical (unpaired) electrons. The maximum Gasteiger partial charge on any atom is 0.416 e. The number of aromatic nitrogens is 1. The first-order chi connectivity index (χ1) is 16.4. The second-order valence-corrected chi connectivity index (χ2v) is 8.33. The number of nitrogens with zero attached hydrogens (tertiary/aromatic N) is 3. The van der Waals surface area contributed by atoms with Crippen molar-refractivity contribution >= 4 is 5.91 Å². The van der Waals surface area contributed by atoms with Crippen LogP contribution in [0.15, 0.2) is 73.1 Å². The molecule has 0 atom stereocenters. The van der Waals surface area contributed by atoms with E-state index in [4.69, 9.17) is 4.74 Å². The Morgan fingerprint density at radius 2 is 1.65 bits per heavy atom. The highest BCUT2D eigenvalue weighted by Gasteiger charge is 2.30. The number of alkyl halides is 3. The molecule has 2 heterocycles. The lowest BCUT2D eigenvalue weighted by atomic mass is 10.1. The molecule has 1 saturated heterocycles. The Morgan fingerprint density at radius 3 is 2.38 bits per heavy atom. The molecule has 0 N–H and O–H groups in total. The fraction of sp³-hybridized carbons (Fsp3) is 0.308. The highest BCUT2D eigenvalue weighted by atomic mass is 19.4. The molecular weight excluding hydrogens is 443 g/mol. The van der Waals surface area contributed by atoms with Gasteiger partial charge in [0.15, 0.2) is 0 Å². The van der Waals surface area contributed by atoms with E-state index in [0.717, 1.165) is 36.3 Å². The molecule has 1 aliphatic rings. The lowest BCUT2D eigenvalue weighted by Crippen LogP contribution is -2.48. The van der Waals surface area contributed by atoms with Crippen molar-refractivity contribution in [1.82, 2.24) is 14.8 Å². The molecule has 34 heavy (non-hydrogen) atoms. The largest absolute Gasteiger partial charge is 0.489 e. The lowest BCUT2D eigenvalue weighted by Gasteiger charge is -2.34. The van der Waals surface area contributed by atoms with Gasteiger partial charge in [0, 0.05) is 45.1 Å². The molecule has 0 unspecified atom stereocenters. The van der Waals surface area contributed by atoms with Gasteiger partial charge in [0.1, 0.15) is 12.4 Å². The molecule has 178 valence electrons. The van der Waals surface area contributed by atoms with Crippen molar-refractivity contribution in [3.05, 3.63) is 95.3 Å². The van der Waals surface area contributed by atoms with Crippen molar-refractivity contribution in [2.45, 2.75) is 25.7 Å². The van der Waals surface area contributed by atoms with Crippen LogP contribution in [0.5, 0.6) is 5.75 Å². The molecule has 1 aromatic heterocycles. The van der Waals surface area contributed by atoms with E-state index in [0.29, 0.717) is 37.4 Å². The summed E-state index contributed by atoms with van der Waals surface area (Å²) in [5.74, 6) is 0.720. The van der Waals surface area contributed by atoms with E-state index in [9.17, 15) is 18.0 Å². The first kappa shape index (κ1) is 23.8. The Bertz CT molecular complexity index is 1100. The molecule has 4 rings (SSSR count). The molecule has 3 aromatic rings. The Hall–Kier alpha value is -3.39. The summed E-state index contributed by atoms with van der Waals surface area (Å²) in [4.78, 5) is 20.8. The molecule has 2 aromatic carbocycles. The van der Waals surface area contributed by atoms with Gasteiger partial charge in [-0.15, -0.1) is 0 Å². The zero-order valence-corrected chi connectivity index (χ0v) is 18.7. The molecule has 1 aliphatic heterocycles. The van der Waals surface area contributed by atoms with Gasteiger partial charge in [-0.1, -0.05) is 30.3 Å². The third kappa shape index (κ3) is 6.57. The van der Waals surface area contributed by atoms with Gasteiger partial charge in [0.2, 0.25) is 5.91 Å². The van der Waals surface area contributed by atoms with Crippen molar-refractivity contribution in [3.8, 4) is 5.75 Å². The van der Waals surface area contributed by atoms with Crippen molar-refractivity contribution in [2.75, 3.05) is 26.2 Å². The fourth-order valence-electron chi connectivity index (χ4n) is 3.94. The van der Waals surface area contributed by atoms with E-state index in [1.54, 1.807) is 24.5 Å². The van der Waals surface area contributed by atoms with Crippen molar-refractivity contribution in [2.24, 2.45) is 0 Å². The van der Waals surface area contributed by atoms with Crippen LogP contribution >= 0.6 is 0 Å². The van der Waals surface area contributed by atoms with E-state index in [1.165, 1.54) is 6.07 Å². The summed E-state index contributed by atoms with van der Waals surface area (Å²) in [7, 11) is 0. The summed E-state index contributed by atoms with van der Waals surface area (Å²) < 4.78 is 44.5. The van der Waals surface area contributed by atoms with Crippen LogP contribution in [0.4, 0.5) is 13.2 Å². The average Bonchev–Trinajstić information content (AvgIpc) is 2.84. The maximum absolute atomic E-state index is 12.9. The van der Waals surface area contributed by atoms with Gasteiger partial charge in [-0.3, -0.25) is 14.7 Å². The standard InChI is InChI=1S/C26H26F3N3O2/c27-26(28,29)23-7-1-5-22(14-23)19-34-24-8-2-4-21(15-24)18-31-10-12-32(13-11-31)25(33)16-20-6-3-9-30-17-20/h1-9,14-15,17H,10-13,16,18-19H2. The number of carbonyl (C=O) groups is 1. The SMILES string of the molecule is O=C(Cc1cccnc1)N1CCN(Cc2cccc(OCc3cccc(C(F)(F)F)c3)c2)CC1. The zero-order chi connectivity index (χ0) is 24.0. The summed E-state index contributed by atoms with van der Waals surface area (Å²) in [5.41, 5.74) is 1.75. The molecule has 0 aliphatic carbocycles. The Morgan fingerprint density at radius 1 is 0.912 bits per heavy atom. The Labute approximate surface area is 196 Å². The van der Waals surface area contributed by atoms with Crippen LogP contribution in [0, 0.1) is 0 Å². The molecule has 1 fully saturated rings. The first-order valence-electron chi connectivity index (χ1n) is 11.1. The smallest absolute Gasteiger partial charge is 0.416 e. The van der Waals surface area contributed by atoms with E-state index >= 15 is 0 Å². The van der Waals surface area contributed by atoms with Crippen LogP contribution in [-0.4, -0.2) is 46.9 Å². The van der Waals surface area contributed by atoms with Gasteiger partial charge in [0.25, 0.3) is 0 Å². The minimum absolute atomic E-state index is 0.0606. The van der Waals surface area contributed by atoms with Gasteiger partial charge < -0.3 is 9.64 Å². The number of rotatable bonds is 7. The van der Waals surface area contributed by atoms with Crippen LogP contribution in [0.3, 0.4) is 0 Å². The number of hydrogen-bond acceptors (Lipinski definition) is 4. The highest BCUT2D eigenvalue weighted by Crippen LogP contribution is 2.29. The molecule has 0 bridgehead atoms. The minimum atomic E-state index is -4.37. The van der Waals surface area contributed by atoms with Gasteiger partial charge in [-0.2, -0.15) is 13.2 Å². The maximum atomic E-state index is 12.9. The zero-order valence-electron chi connectivity index (χ0n) is 18.7. The van der Waals surface area contributed by atoms with Gasteiger partial charge in [0.05, 0.1) is 12.0 Å². The van der Waals surface area contributed by atoms with E-state index in [2.05, 4.69) is 9.88 Å². The average molecular weight is 470 g/mol. The van der Waals surface area contributed by atoms with Crippen LogP contribution in [0.25, 0.3) is 0 Å². The quantitative estimate of drug-likeness (QED) is 0.509. The number of amides is 1. The molecule has 8 heteroatoms. The number of hydrogen-bond donors (Lipinski definition) is 0. The van der Waals surface area contributed by atoms with Crippen molar-refractivity contribution in [1.29, 1.82) is 0 Å². The number of carbonyl (C=O) groups excluding carboxylic acids is 1. The predicted molar refractivity (Wildman–Crippen MR) is 122 cm³/mol. The normalized spacial score (nSPS) is 14.7. The van der Waals surface area contributed by atoms with Crippen LogP contribution in [0.2, 0.25) is 0 Å². The van der Waals surface area contributed by atoms with Gasteiger partial charge in [-0.05, 0) is 47.0 Å². The molecule has 1 amide bonds. The summed E-state index contributed by atoms with van der Waals surface area (Å²) in [5, 5.41) is 0. The summed E-state index contributed by atoms with van der Waals surface area (Å²) >= 11 is 0. The van der Waals surface area contributed by atoms with Crippen LogP contribution in [-0.2, 0) is 30.5 Å². The summed E-state index contributed by atoms with van der Waals surface area (Å²) in [6, 6.07) is 16.5. The van der Waals surface area contributed by atoms with Gasteiger partial charge in [-0.25, -0.2) is 0 Å². The van der Waals surface area contributed by atoms with E-state index in [-0.39, 0.29) is 12.5 Å². The number of benzene rings is 2. The topological polar surface area (TPSA) is 45.7 Å². The van der Waals surface area contributed by atoms with Gasteiger partial charge >= 0.3 is 6.18 Å². The Kier molecular flexibility index (Phi) is 7.47. The second kappa shape index (κ2) is 10.7. The van der Waals surface area contributed by atoms with E-state index < -0.39 is 11.7 Å². The summed E-state index contributed by atoms with van der Waals surface area (Å²) in [6.45, 7) is 3.66. The highest BCUT2D eigenvalue weighted by molar-refractivity contribution is 5.78. The fourth-order valence-corrected chi connectivity index (χ4v) is 3.94. The second-order valence-electron chi connectivity index (χ2n) is 8.33. The number of ether oxygens (including phenoxy) is 1. The molecule has 5 nitrogen and oxygen atoms in total. The third-order valence-corrected chi connectivity index (χ3v) is 5.77.